The van der Waals surface area contributed by atoms with Crippen molar-refractivity contribution >= 4 is 8.80 Å². The Kier molecular flexibility index (Phi) is 9.44. The molecule has 0 aromatic heterocycles. The molecule has 1 aliphatic carbocycles. The maximum atomic E-state index is 14.2. The van der Waals surface area contributed by atoms with Gasteiger partial charge in [-0.2, -0.15) is 13.2 Å². The third kappa shape index (κ3) is 7.88. The predicted molar refractivity (Wildman–Crippen MR) is 121 cm³/mol. The molecule has 6 heteroatoms. The zero-order chi connectivity index (χ0) is 22.3. The van der Waals surface area contributed by atoms with Crippen molar-refractivity contribution in [3.63, 3.8) is 0 Å². The number of rotatable bonds is 9. The highest BCUT2D eigenvalue weighted by Gasteiger charge is 2.32. The van der Waals surface area contributed by atoms with Crippen molar-refractivity contribution in [1.29, 1.82) is 0 Å². The van der Waals surface area contributed by atoms with Crippen molar-refractivity contribution in [2.75, 3.05) is 13.7 Å². The molecule has 1 nitrogen and oxygen atoms in total. The first-order chi connectivity index (χ1) is 14.9. The Morgan fingerprint density at radius 3 is 2.23 bits per heavy atom. The summed E-state index contributed by atoms with van der Waals surface area (Å²) in [6.07, 6.45) is 5.59. The normalized spacial score (nSPS) is 27.4. The van der Waals surface area contributed by atoms with Gasteiger partial charge >= 0.3 is 6.18 Å². The second-order valence-electron chi connectivity index (χ2n) is 9.88. The van der Waals surface area contributed by atoms with Crippen LogP contribution in [0.25, 0.3) is 0 Å². The monoisotopic (exact) mass is 458 g/mol. The van der Waals surface area contributed by atoms with Crippen LogP contribution in [0.2, 0.25) is 18.1 Å². The molecule has 0 unspecified atom stereocenters. The average molecular weight is 459 g/mol. The van der Waals surface area contributed by atoms with Crippen molar-refractivity contribution in [2.24, 2.45) is 11.8 Å². The Hall–Kier alpha value is -0.883. The highest BCUT2D eigenvalue weighted by Crippen LogP contribution is 2.44. The van der Waals surface area contributed by atoms with Crippen LogP contribution in [0.4, 0.5) is 17.6 Å². The number of ether oxygens (including phenoxy) is 1. The van der Waals surface area contributed by atoms with E-state index in [4.69, 9.17) is 4.74 Å². The van der Waals surface area contributed by atoms with Gasteiger partial charge in [-0.15, -0.1) is 0 Å². The summed E-state index contributed by atoms with van der Waals surface area (Å²) in [7, 11) is 1.25. The summed E-state index contributed by atoms with van der Waals surface area (Å²) in [5.41, 5.74) is 0.635. The summed E-state index contributed by atoms with van der Waals surface area (Å²) in [5.74, 6) is 1.25. The highest BCUT2D eigenvalue weighted by atomic mass is 28.3. The van der Waals surface area contributed by atoms with Crippen molar-refractivity contribution in [1.82, 2.24) is 0 Å². The minimum absolute atomic E-state index is 0.246. The number of alkyl halides is 3. The van der Waals surface area contributed by atoms with E-state index < -0.39 is 27.2 Å². The third-order valence-electron chi connectivity index (χ3n) is 7.73. The molecule has 1 heterocycles. The molecule has 1 aromatic carbocycles. The minimum Gasteiger partial charge on any atom is -0.385 e. The topological polar surface area (TPSA) is 9.23 Å². The molecule has 176 valence electrons. The number of hydrogen-bond donors (Lipinski definition) is 0. The van der Waals surface area contributed by atoms with Crippen LogP contribution in [-0.4, -0.2) is 28.7 Å². The van der Waals surface area contributed by atoms with E-state index >= 15 is 0 Å². The lowest BCUT2D eigenvalue weighted by Crippen LogP contribution is -2.28. The first-order valence-electron chi connectivity index (χ1n) is 12.2. The lowest BCUT2D eigenvalue weighted by molar-refractivity contribution is -0.127. The number of benzene rings is 1. The molecule has 0 amide bonds. The average Bonchev–Trinajstić information content (AvgIpc) is 2.75. The van der Waals surface area contributed by atoms with Crippen LogP contribution < -0.4 is 0 Å². The lowest BCUT2D eigenvalue weighted by atomic mass is 9.72. The van der Waals surface area contributed by atoms with E-state index in [0.29, 0.717) is 5.92 Å². The second-order valence-corrected chi connectivity index (χ2v) is 13.3. The van der Waals surface area contributed by atoms with Gasteiger partial charge in [-0.05, 0) is 67.1 Å². The summed E-state index contributed by atoms with van der Waals surface area (Å²) >= 11 is 0. The molecular formula is C25H38F4OSi. The maximum Gasteiger partial charge on any atom is 0.393 e. The smallest absolute Gasteiger partial charge is 0.385 e. The van der Waals surface area contributed by atoms with E-state index in [1.54, 1.807) is 13.2 Å². The van der Waals surface area contributed by atoms with Crippen LogP contribution in [0.3, 0.4) is 0 Å². The molecule has 0 spiro atoms. The number of halogens is 4. The maximum absolute atomic E-state index is 14.2. The molecule has 1 saturated heterocycles. The number of methoxy groups -OCH3 is 1. The van der Waals surface area contributed by atoms with Crippen LogP contribution in [-0.2, 0) is 11.2 Å². The summed E-state index contributed by atoms with van der Waals surface area (Å²) < 4.78 is 57.0. The summed E-state index contributed by atoms with van der Waals surface area (Å²) in [5, 5.41) is 0. The highest BCUT2D eigenvalue weighted by molar-refractivity contribution is 6.58. The van der Waals surface area contributed by atoms with Crippen molar-refractivity contribution < 1.29 is 22.3 Å². The van der Waals surface area contributed by atoms with Gasteiger partial charge < -0.3 is 4.74 Å². The SMILES string of the molecule is COCCCCC[SiH]1CCC(C2CCC(c3ccc(CC(F)(F)F)c(F)c3)CC2)CC1. The van der Waals surface area contributed by atoms with E-state index in [9.17, 15) is 17.6 Å². The first-order valence-corrected chi connectivity index (χ1v) is 14.6. The minimum atomic E-state index is -4.37. The Balaban J connectivity index is 1.40. The fraction of sp³-hybridized carbons (Fsp3) is 0.760. The van der Waals surface area contributed by atoms with E-state index in [0.717, 1.165) is 36.8 Å². The fourth-order valence-electron chi connectivity index (χ4n) is 5.91. The van der Waals surface area contributed by atoms with E-state index in [1.807, 2.05) is 0 Å². The molecule has 2 fully saturated rings. The van der Waals surface area contributed by atoms with Crippen molar-refractivity contribution in [3.05, 3.63) is 35.1 Å². The van der Waals surface area contributed by atoms with Gasteiger partial charge in [-0.1, -0.05) is 55.9 Å². The Labute approximate surface area is 186 Å². The Morgan fingerprint density at radius 1 is 0.935 bits per heavy atom. The van der Waals surface area contributed by atoms with Gasteiger partial charge in [-0.3, -0.25) is 0 Å². The van der Waals surface area contributed by atoms with Crippen LogP contribution in [0.1, 0.15) is 74.8 Å². The Morgan fingerprint density at radius 2 is 1.61 bits per heavy atom. The first kappa shape index (κ1) is 24.8. The van der Waals surface area contributed by atoms with Crippen molar-refractivity contribution in [2.45, 2.75) is 94.4 Å². The van der Waals surface area contributed by atoms with Gasteiger partial charge in [0.25, 0.3) is 0 Å². The Bertz CT molecular complexity index is 662. The largest absolute Gasteiger partial charge is 0.393 e. The van der Waals surface area contributed by atoms with Gasteiger partial charge in [0.15, 0.2) is 0 Å². The van der Waals surface area contributed by atoms with E-state index in [1.165, 1.54) is 75.2 Å². The van der Waals surface area contributed by atoms with Crippen LogP contribution in [0.5, 0.6) is 0 Å². The predicted octanol–water partition coefficient (Wildman–Crippen LogP) is 7.66. The summed E-state index contributed by atoms with van der Waals surface area (Å²) in [4.78, 5) is 0. The lowest BCUT2D eigenvalue weighted by Gasteiger charge is -2.37. The van der Waals surface area contributed by atoms with E-state index in [-0.39, 0.29) is 5.56 Å². The van der Waals surface area contributed by atoms with Crippen LogP contribution in [0, 0.1) is 17.7 Å². The molecule has 1 saturated carbocycles. The zero-order valence-electron chi connectivity index (χ0n) is 18.9. The molecule has 0 atom stereocenters. The summed E-state index contributed by atoms with van der Waals surface area (Å²) in [6, 6.07) is 8.92. The van der Waals surface area contributed by atoms with Gasteiger partial charge in [0.2, 0.25) is 0 Å². The molecule has 3 rings (SSSR count). The molecule has 31 heavy (non-hydrogen) atoms. The van der Waals surface area contributed by atoms with Gasteiger partial charge in [0, 0.05) is 22.5 Å². The molecule has 1 aromatic rings. The van der Waals surface area contributed by atoms with Crippen LogP contribution in [0.15, 0.2) is 18.2 Å². The van der Waals surface area contributed by atoms with Gasteiger partial charge in [-0.25, -0.2) is 4.39 Å². The molecule has 0 bridgehead atoms. The van der Waals surface area contributed by atoms with Crippen LogP contribution >= 0.6 is 0 Å². The summed E-state index contributed by atoms with van der Waals surface area (Å²) in [6.45, 7) is 0.890. The number of unbranched alkanes of at least 4 members (excludes halogenated alkanes) is 2. The van der Waals surface area contributed by atoms with Gasteiger partial charge in [0.05, 0.1) is 6.42 Å². The van der Waals surface area contributed by atoms with Crippen molar-refractivity contribution in [3.8, 4) is 0 Å². The molecule has 2 aliphatic rings. The molecule has 0 N–H and O–H groups in total. The molecule has 0 radical (unpaired) electrons. The standard InChI is InChI=1S/C25H38F4OSi/c1-30-13-3-2-4-14-31-15-11-21(12-16-31)19-5-7-20(8-6-19)22-9-10-23(24(26)17-22)18-25(27,28)29/h9-10,17,19-21,31H,2-8,11-16,18H2,1H3. The second kappa shape index (κ2) is 11.8. The zero-order valence-corrected chi connectivity index (χ0v) is 20.0. The van der Waals surface area contributed by atoms with Gasteiger partial charge in [0.1, 0.15) is 5.82 Å². The quantitative estimate of drug-likeness (QED) is 0.210. The number of hydrogen-bond acceptors (Lipinski definition) is 1. The molecular weight excluding hydrogens is 420 g/mol. The fourth-order valence-corrected chi connectivity index (χ4v) is 9.44. The van der Waals surface area contributed by atoms with E-state index in [2.05, 4.69) is 0 Å². The molecule has 1 aliphatic heterocycles. The third-order valence-corrected chi connectivity index (χ3v) is 11.3.